The molecular weight excluding hydrogens is 265 g/mol. The Balaban J connectivity index is 2.42. The number of nitrogens with zero attached hydrogens (tertiary/aromatic N) is 2. The number of amides is 2. The van der Waals surface area contributed by atoms with E-state index in [-0.39, 0.29) is 0 Å². The molecule has 1 heterocycles. The first-order chi connectivity index (χ1) is 8.99. The third kappa shape index (κ3) is 2.90. The molecule has 19 heavy (non-hydrogen) atoms. The Bertz CT molecular complexity index is 597. The van der Waals surface area contributed by atoms with Crippen LogP contribution in [0.2, 0.25) is 0 Å². The van der Waals surface area contributed by atoms with E-state index in [0.717, 1.165) is 4.88 Å². The second kappa shape index (κ2) is 5.36. The van der Waals surface area contributed by atoms with Gasteiger partial charge in [-0.25, -0.2) is 19.1 Å². The number of hydrogen-bond donors (Lipinski definition) is 1. The summed E-state index contributed by atoms with van der Waals surface area (Å²) in [6, 6.07) is 5.02. The van der Waals surface area contributed by atoms with Crippen LogP contribution in [-0.4, -0.2) is 11.0 Å². The van der Waals surface area contributed by atoms with Gasteiger partial charge in [-0.2, -0.15) is 0 Å². The van der Waals surface area contributed by atoms with E-state index in [4.69, 9.17) is 5.73 Å². The van der Waals surface area contributed by atoms with E-state index < -0.39 is 11.8 Å². The second-order valence-corrected chi connectivity index (χ2v) is 5.39. The first kappa shape index (κ1) is 13.5. The summed E-state index contributed by atoms with van der Waals surface area (Å²) in [6.45, 7) is 4.07. The quantitative estimate of drug-likeness (QED) is 0.932. The molecule has 0 atom stereocenters. The molecule has 0 bridgehead atoms. The molecule has 0 saturated carbocycles. The fraction of sp³-hybridized carbons (Fsp3) is 0.231. The summed E-state index contributed by atoms with van der Waals surface area (Å²) in [5, 5.41) is 0.446. The highest BCUT2D eigenvalue weighted by atomic mass is 32.1. The first-order valence-corrected chi connectivity index (χ1v) is 6.61. The maximum atomic E-state index is 13.2. The van der Waals surface area contributed by atoms with E-state index in [9.17, 15) is 9.18 Å². The highest BCUT2D eigenvalue weighted by Gasteiger charge is 2.19. The summed E-state index contributed by atoms with van der Waals surface area (Å²) in [7, 11) is 0. The second-order valence-electron chi connectivity index (χ2n) is 4.35. The zero-order valence-electron chi connectivity index (χ0n) is 10.6. The monoisotopic (exact) mass is 279 g/mol. The smallest absolute Gasteiger partial charge is 0.325 e. The lowest BCUT2D eigenvalue weighted by molar-refractivity contribution is 0.256. The van der Waals surface area contributed by atoms with Gasteiger partial charge in [-0.05, 0) is 24.1 Å². The number of thiazole rings is 1. The number of halogens is 1. The van der Waals surface area contributed by atoms with Gasteiger partial charge >= 0.3 is 6.03 Å². The number of nitrogens with two attached hydrogens (primary N) is 1. The van der Waals surface area contributed by atoms with Crippen molar-refractivity contribution in [1.29, 1.82) is 0 Å². The molecule has 2 aromatic rings. The minimum atomic E-state index is -0.685. The molecule has 1 aromatic carbocycles. The zero-order chi connectivity index (χ0) is 14.0. The van der Waals surface area contributed by atoms with Crippen molar-refractivity contribution in [2.75, 3.05) is 4.90 Å². The van der Waals surface area contributed by atoms with Crippen LogP contribution in [0.25, 0.3) is 0 Å². The minimum Gasteiger partial charge on any atom is -0.351 e. The highest BCUT2D eigenvalue weighted by Crippen LogP contribution is 2.32. The van der Waals surface area contributed by atoms with E-state index in [1.165, 1.54) is 34.4 Å². The number of aromatic nitrogens is 1. The summed E-state index contributed by atoms with van der Waals surface area (Å²) in [5.74, 6) is -0.113. The molecule has 0 aliphatic carbocycles. The third-order valence-corrected chi connectivity index (χ3v) is 3.84. The number of hydrogen-bond acceptors (Lipinski definition) is 3. The Morgan fingerprint density at radius 2 is 2.21 bits per heavy atom. The maximum Gasteiger partial charge on any atom is 0.325 e. The molecule has 0 aliphatic rings. The number of carbonyl (C=O) groups excluding carboxylic acids is 1. The molecule has 0 radical (unpaired) electrons. The van der Waals surface area contributed by atoms with Crippen LogP contribution in [0.15, 0.2) is 30.5 Å². The van der Waals surface area contributed by atoms with Crippen molar-refractivity contribution >= 4 is 28.2 Å². The molecule has 2 amide bonds. The van der Waals surface area contributed by atoms with Crippen LogP contribution in [0.5, 0.6) is 0 Å². The van der Waals surface area contributed by atoms with Crippen LogP contribution in [0, 0.1) is 5.82 Å². The number of urea groups is 1. The molecule has 4 nitrogen and oxygen atoms in total. The lowest BCUT2D eigenvalue weighted by Gasteiger charge is -2.17. The van der Waals surface area contributed by atoms with Crippen LogP contribution >= 0.6 is 11.3 Å². The molecule has 1 aromatic heterocycles. The van der Waals surface area contributed by atoms with Crippen LogP contribution in [0.4, 0.5) is 20.0 Å². The van der Waals surface area contributed by atoms with Gasteiger partial charge < -0.3 is 5.73 Å². The average molecular weight is 279 g/mol. The van der Waals surface area contributed by atoms with Gasteiger partial charge in [0, 0.05) is 11.1 Å². The topological polar surface area (TPSA) is 59.2 Å². The molecule has 0 unspecified atom stereocenters. The Kier molecular flexibility index (Phi) is 3.80. The number of benzene rings is 1. The lowest BCUT2D eigenvalue weighted by atomic mass is 10.2. The van der Waals surface area contributed by atoms with Crippen molar-refractivity contribution in [3.05, 3.63) is 41.2 Å². The summed E-state index contributed by atoms with van der Waals surface area (Å²) in [5.41, 5.74) is 5.74. The Labute approximate surface area is 114 Å². The van der Waals surface area contributed by atoms with E-state index >= 15 is 0 Å². The molecule has 0 saturated heterocycles. The van der Waals surface area contributed by atoms with Crippen molar-refractivity contribution < 1.29 is 9.18 Å². The van der Waals surface area contributed by atoms with Gasteiger partial charge in [0.05, 0.1) is 5.69 Å². The maximum absolute atomic E-state index is 13.2. The largest absolute Gasteiger partial charge is 0.351 e. The normalized spacial score (nSPS) is 10.7. The van der Waals surface area contributed by atoms with E-state index in [0.29, 0.717) is 16.7 Å². The molecule has 0 aliphatic heterocycles. The van der Waals surface area contributed by atoms with Crippen molar-refractivity contribution in [3.8, 4) is 0 Å². The van der Waals surface area contributed by atoms with Gasteiger partial charge in [-0.15, -0.1) is 11.3 Å². The van der Waals surface area contributed by atoms with Crippen molar-refractivity contribution in [2.24, 2.45) is 5.73 Å². The summed E-state index contributed by atoms with van der Waals surface area (Å²) < 4.78 is 13.2. The predicted octanol–water partition coefficient (Wildman–Crippen LogP) is 3.62. The number of rotatable bonds is 3. The molecule has 6 heteroatoms. The van der Waals surface area contributed by atoms with Gasteiger partial charge in [0.2, 0.25) is 0 Å². The van der Waals surface area contributed by atoms with Gasteiger partial charge in [0.1, 0.15) is 5.82 Å². The SMILES string of the molecule is CC(C)c1cnc(N(C(N)=O)c2cccc(F)c2)s1. The first-order valence-electron chi connectivity index (χ1n) is 5.80. The Morgan fingerprint density at radius 3 is 2.74 bits per heavy atom. The number of carbonyl (C=O) groups is 1. The van der Waals surface area contributed by atoms with E-state index in [1.807, 2.05) is 13.8 Å². The molecular formula is C13H14FN3OS. The van der Waals surface area contributed by atoms with Gasteiger partial charge in [-0.3, -0.25) is 0 Å². The fourth-order valence-corrected chi connectivity index (χ4v) is 2.54. The number of primary amides is 1. The van der Waals surface area contributed by atoms with Gasteiger partial charge in [0.15, 0.2) is 5.13 Å². The Hall–Kier alpha value is -1.95. The Morgan fingerprint density at radius 1 is 1.47 bits per heavy atom. The van der Waals surface area contributed by atoms with E-state index in [2.05, 4.69) is 4.98 Å². The third-order valence-electron chi connectivity index (χ3n) is 2.56. The van der Waals surface area contributed by atoms with Crippen molar-refractivity contribution in [1.82, 2.24) is 4.98 Å². The average Bonchev–Trinajstić information content (AvgIpc) is 2.78. The fourth-order valence-electron chi connectivity index (χ4n) is 1.59. The van der Waals surface area contributed by atoms with Crippen LogP contribution < -0.4 is 10.6 Å². The van der Waals surface area contributed by atoms with Crippen molar-refractivity contribution in [2.45, 2.75) is 19.8 Å². The number of anilines is 2. The predicted molar refractivity (Wildman–Crippen MR) is 74.3 cm³/mol. The summed E-state index contributed by atoms with van der Waals surface area (Å²) in [6.07, 6.45) is 1.71. The molecule has 0 fully saturated rings. The zero-order valence-corrected chi connectivity index (χ0v) is 11.4. The summed E-state index contributed by atoms with van der Waals surface area (Å²) in [4.78, 5) is 18.0. The summed E-state index contributed by atoms with van der Waals surface area (Å²) >= 11 is 1.37. The van der Waals surface area contributed by atoms with Crippen molar-refractivity contribution in [3.63, 3.8) is 0 Å². The molecule has 2 N–H and O–H groups in total. The van der Waals surface area contributed by atoms with Gasteiger partial charge in [-0.1, -0.05) is 19.9 Å². The lowest BCUT2D eigenvalue weighted by Crippen LogP contribution is -2.31. The highest BCUT2D eigenvalue weighted by molar-refractivity contribution is 7.15. The molecule has 0 spiro atoms. The van der Waals surface area contributed by atoms with Crippen LogP contribution in [-0.2, 0) is 0 Å². The van der Waals surface area contributed by atoms with E-state index in [1.54, 1.807) is 12.3 Å². The minimum absolute atomic E-state index is 0.313. The standard InChI is InChI=1S/C13H14FN3OS/c1-8(2)11-7-16-13(19-11)17(12(15)18)10-5-3-4-9(14)6-10/h3-8H,1-2H3,(H2,15,18). The van der Waals surface area contributed by atoms with Crippen LogP contribution in [0.1, 0.15) is 24.6 Å². The molecule has 100 valence electrons. The van der Waals surface area contributed by atoms with Gasteiger partial charge in [0.25, 0.3) is 0 Å². The molecule has 2 rings (SSSR count). The van der Waals surface area contributed by atoms with Crippen LogP contribution in [0.3, 0.4) is 0 Å².